The highest BCUT2D eigenvalue weighted by Gasteiger charge is 2.30. The molecule has 0 saturated heterocycles. The van der Waals surface area contributed by atoms with Gasteiger partial charge in [-0.2, -0.15) is 13.2 Å². The topological polar surface area (TPSA) is 49.3 Å². The molecule has 0 heterocycles. The van der Waals surface area contributed by atoms with E-state index in [1.165, 1.54) is 12.1 Å². The van der Waals surface area contributed by atoms with Crippen LogP contribution in [0.5, 0.6) is 0 Å². The van der Waals surface area contributed by atoms with Gasteiger partial charge in [0.05, 0.1) is 5.56 Å². The average molecular weight is 392 g/mol. The maximum Gasteiger partial charge on any atom is 0.416 e. The molecule has 0 amide bonds. The predicted molar refractivity (Wildman–Crippen MR) is 89.9 cm³/mol. The van der Waals surface area contributed by atoms with Crippen LogP contribution < -0.4 is 5.32 Å². The van der Waals surface area contributed by atoms with Crippen LogP contribution in [0.1, 0.15) is 16.7 Å². The number of nitrogens with one attached hydrogen (secondary N) is 1. The standard InChI is InChI=1S/C17H14Cl2F3NO2/c18-13-5-6-14(19)11(8-13)9-23-15(16(24)25)7-10-1-3-12(4-2-10)17(20,21)22/h1-6,8,15,23H,7,9H2,(H,24,25). The van der Waals surface area contributed by atoms with Crippen molar-refractivity contribution in [3.05, 3.63) is 69.2 Å². The quantitative estimate of drug-likeness (QED) is 0.743. The van der Waals surface area contributed by atoms with E-state index in [1.807, 2.05) is 0 Å². The van der Waals surface area contributed by atoms with Crippen LogP contribution in [0.15, 0.2) is 42.5 Å². The second-order valence-electron chi connectivity index (χ2n) is 5.41. The number of aliphatic carboxylic acids is 1. The first-order valence-electron chi connectivity index (χ1n) is 7.23. The monoisotopic (exact) mass is 391 g/mol. The van der Waals surface area contributed by atoms with Gasteiger partial charge in [0.1, 0.15) is 6.04 Å². The van der Waals surface area contributed by atoms with Crippen LogP contribution in [0.2, 0.25) is 10.0 Å². The average Bonchev–Trinajstić information content (AvgIpc) is 2.53. The minimum Gasteiger partial charge on any atom is -0.480 e. The minimum atomic E-state index is -4.42. The number of carboxylic acids is 1. The molecule has 2 rings (SSSR count). The molecular formula is C17H14Cl2F3NO2. The van der Waals surface area contributed by atoms with Crippen LogP contribution in [0.25, 0.3) is 0 Å². The summed E-state index contributed by atoms with van der Waals surface area (Å²) in [4.78, 5) is 11.4. The fraction of sp³-hybridized carbons (Fsp3) is 0.235. The Balaban J connectivity index is 2.06. The highest BCUT2D eigenvalue weighted by Crippen LogP contribution is 2.29. The van der Waals surface area contributed by atoms with Crippen molar-refractivity contribution >= 4 is 29.2 Å². The third kappa shape index (κ3) is 5.63. The van der Waals surface area contributed by atoms with Crippen LogP contribution >= 0.6 is 23.2 Å². The highest BCUT2D eigenvalue weighted by atomic mass is 35.5. The Bertz CT molecular complexity index is 749. The zero-order valence-electron chi connectivity index (χ0n) is 12.8. The Morgan fingerprint density at radius 1 is 1.12 bits per heavy atom. The van der Waals surface area contributed by atoms with E-state index in [2.05, 4.69) is 5.32 Å². The van der Waals surface area contributed by atoms with E-state index in [-0.39, 0.29) is 13.0 Å². The number of carboxylic acid groups (broad SMARTS) is 1. The fourth-order valence-corrected chi connectivity index (χ4v) is 2.60. The number of halogens is 5. The van der Waals surface area contributed by atoms with Gasteiger partial charge in [0.15, 0.2) is 0 Å². The van der Waals surface area contributed by atoms with E-state index >= 15 is 0 Å². The Hall–Kier alpha value is -1.76. The van der Waals surface area contributed by atoms with E-state index in [0.29, 0.717) is 21.2 Å². The molecule has 0 aliphatic rings. The van der Waals surface area contributed by atoms with Gasteiger partial charge < -0.3 is 5.11 Å². The number of hydrogen-bond donors (Lipinski definition) is 2. The first kappa shape index (κ1) is 19.6. The normalized spacial score (nSPS) is 12.8. The molecule has 0 fully saturated rings. The lowest BCUT2D eigenvalue weighted by molar-refractivity contribution is -0.140. The molecule has 8 heteroatoms. The molecule has 2 aromatic carbocycles. The Morgan fingerprint density at radius 2 is 1.76 bits per heavy atom. The van der Waals surface area contributed by atoms with Crippen LogP contribution in [-0.2, 0) is 23.9 Å². The van der Waals surface area contributed by atoms with Crippen LogP contribution in [0.3, 0.4) is 0 Å². The fourth-order valence-electron chi connectivity index (χ4n) is 2.22. The summed E-state index contributed by atoms with van der Waals surface area (Å²) in [6.07, 6.45) is -4.39. The summed E-state index contributed by atoms with van der Waals surface area (Å²) in [5.74, 6) is -1.11. The number of carbonyl (C=O) groups is 1. The van der Waals surface area contributed by atoms with E-state index in [4.69, 9.17) is 23.2 Å². The second-order valence-corrected chi connectivity index (χ2v) is 6.25. The van der Waals surface area contributed by atoms with Crippen molar-refractivity contribution in [2.75, 3.05) is 0 Å². The van der Waals surface area contributed by atoms with Crippen LogP contribution in [0, 0.1) is 0 Å². The SMILES string of the molecule is O=C(O)C(Cc1ccc(C(F)(F)F)cc1)NCc1cc(Cl)ccc1Cl. The van der Waals surface area contributed by atoms with Crippen molar-refractivity contribution in [2.24, 2.45) is 0 Å². The van der Waals surface area contributed by atoms with Crippen LogP contribution in [-0.4, -0.2) is 17.1 Å². The van der Waals surface area contributed by atoms with Crippen molar-refractivity contribution in [3.63, 3.8) is 0 Å². The molecule has 0 saturated carbocycles. The number of alkyl halides is 3. The maximum atomic E-state index is 12.6. The van der Waals surface area contributed by atoms with Gasteiger partial charge in [0.2, 0.25) is 0 Å². The van der Waals surface area contributed by atoms with Gasteiger partial charge in [-0.25, -0.2) is 0 Å². The molecular weight excluding hydrogens is 378 g/mol. The summed E-state index contributed by atoms with van der Waals surface area (Å²) in [5.41, 5.74) is 0.333. The smallest absolute Gasteiger partial charge is 0.416 e. The van der Waals surface area contributed by atoms with E-state index in [1.54, 1.807) is 18.2 Å². The molecule has 0 spiro atoms. The number of hydrogen-bond acceptors (Lipinski definition) is 2. The van der Waals surface area contributed by atoms with E-state index in [9.17, 15) is 23.1 Å². The summed E-state index contributed by atoms with van der Waals surface area (Å²) < 4.78 is 37.7. The molecule has 0 aromatic heterocycles. The number of benzene rings is 2. The number of rotatable bonds is 6. The van der Waals surface area contributed by atoms with E-state index in [0.717, 1.165) is 12.1 Å². The van der Waals surface area contributed by atoms with Gasteiger partial charge in [0, 0.05) is 16.6 Å². The molecule has 0 aliphatic carbocycles. The third-order valence-electron chi connectivity index (χ3n) is 3.57. The van der Waals surface area contributed by atoms with Gasteiger partial charge in [-0.05, 0) is 47.9 Å². The molecule has 134 valence electrons. The van der Waals surface area contributed by atoms with Gasteiger partial charge in [-0.1, -0.05) is 35.3 Å². The largest absolute Gasteiger partial charge is 0.480 e. The summed E-state index contributed by atoms with van der Waals surface area (Å²) in [6, 6.07) is 8.26. The summed E-state index contributed by atoms with van der Waals surface area (Å²) in [5, 5.41) is 13.1. The molecule has 25 heavy (non-hydrogen) atoms. The maximum absolute atomic E-state index is 12.6. The van der Waals surface area contributed by atoms with Gasteiger partial charge in [-0.15, -0.1) is 0 Å². The minimum absolute atomic E-state index is 0.0334. The molecule has 0 radical (unpaired) electrons. The molecule has 1 unspecified atom stereocenters. The lowest BCUT2D eigenvalue weighted by atomic mass is 10.0. The van der Waals surface area contributed by atoms with Gasteiger partial charge >= 0.3 is 12.1 Å². The first-order valence-corrected chi connectivity index (χ1v) is 7.98. The first-order chi connectivity index (χ1) is 11.7. The Morgan fingerprint density at radius 3 is 2.32 bits per heavy atom. The van der Waals surface area contributed by atoms with Crippen molar-refractivity contribution in [2.45, 2.75) is 25.2 Å². The molecule has 3 nitrogen and oxygen atoms in total. The molecule has 0 bridgehead atoms. The summed E-state index contributed by atoms with van der Waals surface area (Å²) in [6.45, 7) is 0.164. The summed E-state index contributed by atoms with van der Waals surface area (Å²) >= 11 is 11.9. The van der Waals surface area contributed by atoms with Crippen molar-refractivity contribution in [1.82, 2.24) is 5.32 Å². The zero-order valence-corrected chi connectivity index (χ0v) is 14.3. The van der Waals surface area contributed by atoms with Crippen LogP contribution in [0.4, 0.5) is 13.2 Å². The van der Waals surface area contributed by atoms with Crippen molar-refractivity contribution < 1.29 is 23.1 Å². The second kappa shape index (κ2) is 8.08. The third-order valence-corrected chi connectivity index (χ3v) is 4.17. The predicted octanol–water partition coefficient (Wildman–Crippen LogP) is 4.80. The zero-order chi connectivity index (χ0) is 18.6. The van der Waals surface area contributed by atoms with Gasteiger partial charge in [-0.3, -0.25) is 10.1 Å². The Kier molecular flexibility index (Phi) is 6.32. The molecule has 0 aliphatic heterocycles. The molecule has 1 atom stereocenters. The molecule has 2 aromatic rings. The van der Waals surface area contributed by atoms with Crippen molar-refractivity contribution in [1.29, 1.82) is 0 Å². The lowest BCUT2D eigenvalue weighted by Crippen LogP contribution is -2.38. The summed E-state index contributed by atoms with van der Waals surface area (Å²) in [7, 11) is 0. The van der Waals surface area contributed by atoms with Gasteiger partial charge in [0.25, 0.3) is 0 Å². The highest BCUT2D eigenvalue weighted by molar-refractivity contribution is 6.33. The lowest BCUT2D eigenvalue weighted by Gasteiger charge is -2.16. The van der Waals surface area contributed by atoms with E-state index < -0.39 is 23.8 Å². The Labute approximate surface area is 152 Å². The molecule has 2 N–H and O–H groups in total. The van der Waals surface area contributed by atoms with Crippen molar-refractivity contribution in [3.8, 4) is 0 Å².